The fourth-order valence-electron chi connectivity index (χ4n) is 1.67. The Hall–Kier alpha value is -2.53. The molecule has 0 bridgehead atoms. The van der Waals surface area contributed by atoms with Crippen LogP contribution in [0.4, 0.5) is 5.69 Å². The topological polar surface area (TPSA) is 88.7 Å². The van der Waals surface area contributed by atoms with E-state index >= 15 is 0 Å². The van der Waals surface area contributed by atoms with Crippen molar-refractivity contribution in [1.82, 2.24) is 5.32 Å². The van der Waals surface area contributed by atoms with Crippen molar-refractivity contribution < 1.29 is 4.79 Å². The van der Waals surface area contributed by atoms with Crippen molar-refractivity contribution in [1.29, 1.82) is 10.5 Å². The summed E-state index contributed by atoms with van der Waals surface area (Å²) >= 11 is 0. The van der Waals surface area contributed by atoms with E-state index in [4.69, 9.17) is 10.5 Å². The Labute approximate surface area is 111 Å². The van der Waals surface area contributed by atoms with Crippen LogP contribution in [-0.2, 0) is 4.79 Å². The number of hydrogen-bond donors (Lipinski definition) is 2. The molecule has 1 fully saturated rings. The summed E-state index contributed by atoms with van der Waals surface area (Å²) in [6, 6.07) is 8.75. The molecule has 5 nitrogen and oxygen atoms in total. The highest BCUT2D eigenvalue weighted by molar-refractivity contribution is 5.80. The zero-order chi connectivity index (χ0) is 13.7. The molecule has 5 heteroatoms. The molecule has 1 saturated carbocycles. The molecule has 1 aliphatic rings. The normalized spacial score (nSPS) is 13.2. The molecule has 0 atom stereocenters. The van der Waals surface area contributed by atoms with Gasteiger partial charge in [0.1, 0.15) is 12.1 Å². The highest BCUT2D eigenvalue weighted by atomic mass is 16.1. The molecule has 0 heterocycles. The minimum atomic E-state index is -0.0604. The standard InChI is InChI=1S/C14H14N4O/c15-6-11-3-4-13(5-12(11)7-16)17-9-14(19)18-8-10-1-2-10/h3-5,10,17H,1-2,8-9H2,(H,18,19). The second-order valence-electron chi connectivity index (χ2n) is 4.58. The first-order chi connectivity index (χ1) is 9.22. The van der Waals surface area contributed by atoms with Gasteiger partial charge in [0.15, 0.2) is 0 Å². The summed E-state index contributed by atoms with van der Waals surface area (Å²) in [5.74, 6) is 0.596. The van der Waals surface area contributed by atoms with Gasteiger partial charge < -0.3 is 10.6 Å². The Morgan fingerprint density at radius 1 is 1.26 bits per heavy atom. The van der Waals surface area contributed by atoms with Crippen LogP contribution in [-0.4, -0.2) is 19.0 Å². The van der Waals surface area contributed by atoms with E-state index in [-0.39, 0.29) is 12.5 Å². The molecule has 0 aliphatic heterocycles. The fourth-order valence-corrected chi connectivity index (χ4v) is 1.67. The van der Waals surface area contributed by atoms with E-state index in [1.165, 1.54) is 12.8 Å². The van der Waals surface area contributed by atoms with Crippen molar-refractivity contribution in [3.63, 3.8) is 0 Å². The van der Waals surface area contributed by atoms with Gasteiger partial charge >= 0.3 is 0 Å². The SMILES string of the molecule is N#Cc1ccc(NCC(=O)NCC2CC2)cc1C#N. The average Bonchev–Trinajstić information content (AvgIpc) is 3.26. The van der Waals surface area contributed by atoms with Crippen molar-refractivity contribution in [2.24, 2.45) is 5.92 Å². The fraction of sp³-hybridized carbons (Fsp3) is 0.357. The Balaban J connectivity index is 1.87. The maximum absolute atomic E-state index is 11.5. The summed E-state index contributed by atoms with van der Waals surface area (Å²) < 4.78 is 0. The molecule has 0 unspecified atom stereocenters. The van der Waals surface area contributed by atoms with Gasteiger partial charge in [-0.3, -0.25) is 4.79 Å². The Morgan fingerprint density at radius 3 is 2.63 bits per heavy atom. The smallest absolute Gasteiger partial charge is 0.239 e. The molecule has 0 aromatic heterocycles. The van der Waals surface area contributed by atoms with Crippen molar-refractivity contribution in [3.8, 4) is 12.1 Å². The number of rotatable bonds is 5. The third-order valence-corrected chi connectivity index (χ3v) is 3.00. The molecular weight excluding hydrogens is 240 g/mol. The molecule has 1 aromatic carbocycles. The molecule has 2 rings (SSSR count). The quantitative estimate of drug-likeness (QED) is 0.830. The van der Waals surface area contributed by atoms with Gasteiger partial charge in [0, 0.05) is 12.2 Å². The monoisotopic (exact) mass is 254 g/mol. The lowest BCUT2D eigenvalue weighted by Crippen LogP contribution is -2.31. The van der Waals surface area contributed by atoms with Crippen LogP contribution in [0, 0.1) is 28.6 Å². The largest absolute Gasteiger partial charge is 0.376 e. The molecule has 96 valence electrons. The van der Waals surface area contributed by atoms with Crippen LogP contribution in [0.15, 0.2) is 18.2 Å². The minimum Gasteiger partial charge on any atom is -0.376 e. The molecule has 1 aromatic rings. The molecule has 0 spiro atoms. The third-order valence-electron chi connectivity index (χ3n) is 3.00. The number of nitrogens with one attached hydrogen (secondary N) is 2. The molecule has 2 N–H and O–H groups in total. The van der Waals surface area contributed by atoms with Crippen molar-refractivity contribution >= 4 is 11.6 Å². The summed E-state index contributed by atoms with van der Waals surface area (Å²) in [5, 5.41) is 23.5. The van der Waals surface area contributed by atoms with E-state index in [2.05, 4.69) is 10.6 Å². The Bertz CT molecular complexity index is 564. The van der Waals surface area contributed by atoms with Crippen LogP contribution in [0.3, 0.4) is 0 Å². The minimum absolute atomic E-state index is 0.0604. The number of nitriles is 2. The van der Waals surface area contributed by atoms with Crippen molar-refractivity contribution in [2.75, 3.05) is 18.4 Å². The van der Waals surface area contributed by atoms with Gasteiger partial charge in [-0.25, -0.2) is 0 Å². The summed E-state index contributed by atoms with van der Waals surface area (Å²) in [4.78, 5) is 11.5. The van der Waals surface area contributed by atoms with Crippen LogP contribution in [0.2, 0.25) is 0 Å². The predicted molar refractivity (Wildman–Crippen MR) is 70.1 cm³/mol. The van der Waals surface area contributed by atoms with Gasteiger partial charge in [0.25, 0.3) is 0 Å². The molecule has 0 saturated heterocycles. The highest BCUT2D eigenvalue weighted by Crippen LogP contribution is 2.27. The average molecular weight is 254 g/mol. The second kappa shape index (κ2) is 5.88. The van der Waals surface area contributed by atoms with Crippen LogP contribution < -0.4 is 10.6 Å². The van der Waals surface area contributed by atoms with Gasteiger partial charge in [-0.2, -0.15) is 10.5 Å². The van der Waals surface area contributed by atoms with Crippen molar-refractivity contribution in [3.05, 3.63) is 29.3 Å². The van der Waals surface area contributed by atoms with Crippen LogP contribution in [0.1, 0.15) is 24.0 Å². The number of hydrogen-bond acceptors (Lipinski definition) is 4. The number of carbonyl (C=O) groups is 1. The molecule has 1 amide bonds. The first kappa shape index (κ1) is 12.9. The van der Waals surface area contributed by atoms with E-state index in [0.717, 1.165) is 6.54 Å². The van der Waals surface area contributed by atoms with E-state index in [9.17, 15) is 4.79 Å². The predicted octanol–water partition coefficient (Wildman–Crippen LogP) is 1.37. The first-order valence-corrected chi connectivity index (χ1v) is 6.17. The zero-order valence-electron chi connectivity index (χ0n) is 10.4. The summed E-state index contributed by atoms with van der Waals surface area (Å²) in [7, 11) is 0. The van der Waals surface area contributed by atoms with Gasteiger partial charge in [0.05, 0.1) is 17.7 Å². The second-order valence-corrected chi connectivity index (χ2v) is 4.58. The first-order valence-electron chi connectivity index (χ1n) is 6.17. The maximum Gasteiger partial charge on any atom is 0.239 e. The molecular formula is C14H14N4O. The Kier molecular flexibility index (Phi) is 4.00. The van der Waals surface area contributed by atoms with E-state index in [1.54, 1.807) is 18.2 Å². The number of benzene rings is 1. The van der Waals surface area contributed by atoms with E-state index < -0.39 is 0 Å². The van der Waals surface area contributed by atoms with Gasteiger partial charge in [-0.15, -0.1) is 0 Å². The summed E-state index contributed by atoms with van der Waals surface area (Å²) in [6.45, 7) is 0.917. The van der Waals surface area contributed by atoms with Gasteiger partial charge in [0.2, 0.25) is 5.91 Å². The zero-order valence-corrected chi connectivity index (χ0v) is 10.4. The number of nitrogens with zero attached hydrogens (tertiary/aromatic N) is 2. The molecule has 0 radical (unpaired) electrons. The lowest BCUT2D eigenvalue weighted by molar-refractivity contribution is -0.119. The molecule has 19 heavy (non-hydrogen) atoms. The van der Waals surface area contributed by atoms with E-state index in [1.807, 2.05) is 12.1 Å². The molecule has 1 aliphatic carbocycles. The highest BCUT2D eigenvalue weighted by Gasteiger charge is 2.21. The summed E-state index contributed by atoms with van der Waals surface area (Å²) in [6.07, 6.45) is 2.41. The van der Waals surface area contributed by atoms with Crippen molar-refractivity contribution in [2.45, 2.75) is 12.8 Å². The number of carbonyl (C=O) groups excluding carboxylic acids is 1. The van der Waals surface area contributed by atoms with Crippen LogP contribution in [0.25, 0.3) is 0 Å². The Morgan fingerprint density at radius 2 is 2.00 bits per heavy atom. The number of anilines is 1. The number of amides is 1. The third kappa shape index (κ3) is 3.72. The van der Waals surface area contributed by atoms with Crippen LogP contribution >= 0.6 is 0 Å². The lowest BCUT2D eigenvalue weighted by Gasteiger charge is -2.08. The van der Waals surface area contributed by atoms with Crippen LogP contribution in [0.5, 0.6) is 0 Å². The van der Waals surface area contributed by atoms with Gasteiger partial charge in [-0.05, 0) is 37.0 Å². The summed E-state index contributed by atoms with van der Waals surface area (Å²) in [5.41, 5.74) is 1.31. The van der Waals surface area contributed by atoms with Gasteiger partial charge in [-0.1, -0.05) is 0 Å². The lowest BCUT2D eigenvalue weighted by atomic mass is 10.1. The maximum atomic E-state index is 11.5. The van der Waals surface area contributed by atoms with E-state index in [0.29, 0.717) is 22.7 Å².